The summed E-state index contributed by atoms with van der Waals surface area (Å²) in [7, 11) is 0. The van der Waals surface area contributed by atoms with Crippen LogP contribution in [0.25, 0.3) is 11.0 Å². The molecule has 3 nitrogen and oxygen atoms in total. The van der Waals surface area contributed by atoms with Crippen LogP contribution in [0.1, 0.15) is 17.2 Å². The molecule has 19 heavy (non-hydrogen) atoms. The van der Waals surface area contributed by atoms with Gasteiger partial charge in [-0.15, -0.1) is 0 Å². The van der Waals surface area contributed by atoms with E-state index < -0.39 is 6.10 Å². The molecule has 1 N–H and O–H groups in total. The van der Waals surface area contributed by atoms with Crippen LogP contribution in [0.4, 0.5) is 0 Å². The summed E-state index contributed by atoms with van der Waals surface area (Å²) in [5, 5.41) is 10.3. The number of rotatable bonds is 3. The minimum Gasteiger partial charge on any atom is -0.387 e. The summed E-state index contributed by atoms with van der Waals surface area (Å²) in [5.74, 6) is 0. The number of hydrogen-bond acceptors (Lipinski definition) is 2. The summed E-state index contributed by atoms with van der Waals surface area (Å²) in [6, 6.07) is 15.9. The second-order valence-electron chi connectivity index (χ2n) is 4.81. The molecule has 0 fully saturated rings. The van der Waals surface area contributed by atoms with Crippen LogP contribution in [0.3, 0.4) is 0 Å². The number of hydrogen-bond donors (Lipinski definition) is 1. The van der Waals surface area contributed by atoms with E-state index in [0.29, 0.717) is 6.54 Å². The van der Waals surface area contributed by atoms with E-state index in [9.17, 15) is 5.11 Å². The number of nitrogens with zero attached hydrogens (tertiary/aromatic N) is 2. The lowest BCUT2D eigenvalue weighted by molar-refractivity contribution is 0.158. The zero-order valence-corrected chi connectivity index (χ0v) is 10.8. The molecule has 0 unspecified atom stereocenters. The Morgan fingerprint density at radius 1 is 1.11 bits per heavy atom. The van der Waals surface area contributed by atoms with Crippen LogP contribution >= 0.6 is 0 Å². The van der Waals surface area contributed by atoms with Crippen molar-refractivity contribution in [3.05, 3.63) is 66.0 Å². The van der Waals surface area contributed by atoms with Gasteiger partial charge in [0.1, 0.15) is 0 Å². The van der Waals surface area contributed by atoms with Crippen molar-refractivity contribution in [2.75, 3.05) is 0 Å². The lowest BCUT2D eigenvalue weighted by Gasteiger charge is -2.12. The fraction of sp³-hybridized carbons (Fsp3) is 0.188. The Morgan fingerprint density at radius 2 is 1.84 bits per heavy atom. The van der Waals surface area contributed by atoms with Crippen LogP contribution in [-0.2, 0) is 6.54 Å². The molecule has 0 bridgehead atoms. The molecule has 1 heterocycles. The molecule has 0 saturated heterocycles. The van der Waals surface area contributed by atoms with Gasteiger partial charge in [0.25, 0.3) is 0 Å². The predicted octanol–water partition coefficient (Wildman–Crippen LogP) is 3.08. The Morgan fingerprint density at radius 3 is 2.63 bits per heavy atom. The van der Waals surface area contributed by atoms with Gasteiger partial charge in [-0.2, -0.15) is 0 Å². The summed E-state index contributed by atoms with van der Waals surface area (Å²) in [6.07, 6.45) is 1.26. The fourth-order valence-corrected chi connectivity index (χ4v) is 2.24. The largest absolute Gasteiger partial charge is 0.387 e. The van der Waals surface area contributed by atoms with Crippen molar-refractivity contribution >= 4 is 11.0 Å². The number of aryl methyl sites for hydroxylation is 1. The van der Waals surface area contributed by atoms with Gasteiger partial charge < -0.3 is 9.67 Å². The van der Waals surface area contributed by atoms with E-state index in [4.69, 9.17) is 0 Å². The third-order valence-corrected chi connectivity index (χ3v) is 3.36. The number of aliphatic hydroxyl groups is 1. The molecule has 3 aromatic rings. The topological polar surface area (TPSA) is 38.0 Å². The summed E-state index contributed by atoms with van der Waals surface area (Å²) >= 11 is 0. The van der Waals surface area contributed by atoms with Gasteiger partial charge in [-0.05, 0) is 24.6 Å². The minimum atomic E-state index is -0.516. The SMILES string of the molecule is Cc1ccc([C@H](O)Cn2cnc3ccccc32)cc1. The molecule has 0 spiro atoms. The molecule has 1 atom stereocenters. The van der Waals surface area contributed by atoms with E-state index in [1.54, 1.807) is 6.33 Å². The first-order valence-corrected chi connectivity index (χ1v) is 6.38. The Balaban J connectivity index is 1.86. The van der Waals surface area contributed by atoms with Crippen molar-refractivity contribution in [1.82, 2.24) is 9.55 Å². The maximum atomic E-state index is 10.3. The summed E-state index contributed by atoms with van der Waals surface area (Å²) in [6.45, 7) is 2.56. The van der Waals surface area contributed by atoms with Gasteiger partial charge in [0.2, 0.25) is 0 Å². The van der Waals surface area contributed by atoms with Gasteiger partial charge in [0.05, 0.1) is 30.0 Å². The number of para-hydroxylation sites is 2. The zero-order valence-electron chi connectivity index (χ0n) is 10.8. The molecule has 0 amide bonds. The van der Waals surface area contributed by atoms with Gasteiger partial charge in [-0.25, -0.2) is 4.98 Å². The molecular weight excluding hydrogens is 236 g/mol. The molecule has 0 radical (unpaired) electrons. The van der Waals surface area contributed by atoms with E-state index in [1.165, 1.54) is 5.56 Å². The summed E-state index contributed by atoms with van der Waals surface area (Å²) < 4.78 is 1.99. The molecule has 3 rings (SSSR count). The minimum absolute atomic E-state index is 0.516. The fourth-order valence-electron chi connectivity index (χ4n) is 2.24. The molecule has 0 aliphatic carbocycles. The molecule has 96 valence electrons. The smallest absolute Gasteiger partial charge is 0.0969 e. The molecule has 0 aliphatic heterocycles. The average molecular weight is 252 g/mol. The maximum Gasteiger partial charge on any atom is 0.0969 e. The first kappa shape index (κ1) is 11.9. The Kier molecular flexibility index (Phi) is 3.05. The number of aliphatic hydroxyl groups excluding tert-OH is 1. The van der Waals surface area contributed by atoms with Gasteiger partial charge in [-0.1, -0.05) is 42.0 Å². The van der Waals surface area contributed by atoms with E-state index in [1.807, 2.05) is 60.0 Å². The second-order valence-corrected chi connectivity index (χ2v) is 4.81. The number of fused-ring (bicyclic) bond motifs is 1. The predicted molar refractivity (Wildman–Crippen MR) is 75.9 cm³/mol. The van der Waals surface area contributed by atoms with E-state index >= 15 is 0 Å². The number of imidazole rings is 1. The van der Waals surface area contributed by atoms with Gasteiger partial charge in [-0.3, -0.25) is 0 Å². The molecule has 2 aromatic carbocycles. The standard InChI is InChI=1S/C16H16N2O/c1-12-6-8-13(9-7-12)16(19)10-18-11-17-14-4-2-3-5-15(14)18/h2-9,11,16,19H,10H2,1H3/t16-/m1/s1. The van der Waals surface area contributed by atoms with Crippen LogP contribution < -0.4 is 0 Å². The molecule has 0 saturated carbocycles. The molecule has 0 aliphatic rings. The van der Waals surface area contributed by atoms with E-state index in [-0.39, 0.29) is 0 Å². The van der Waals surface area contributed by atoms with Crippen LogP contribution in [0, 0.1) is 6.92 Å². The second kappa shape index (κ2) is 4.86. The normalized spacial score (nSPS) is 12.7. The van der Waals surface area contributed by atoms with Crippen molar-refractivity contribution in [3.8, 4) is 0 Å². The highest BCUT2D eigenvalue weighted by Crippen LogP contribution is 2.19. The number of aromatic nitrogens is 2. The van der Waals surface area contributed by atoms with Crippen LogP contribution in [0.5, 0.6) is 0 Å². The van der Waals surface area contributed by atoms with Gasteiger partial charge in [0.15, 0.2) is 0 Å². The molecule has 3 heteroatoms. The average Bonchev–Trinajstić information content (AvgIpc) is 2.83. The monoisotopic (exact) mass is 252 g/mol. The van der Waals surface area contributed by atoms with E-state index in [0.717, 1.165) is 16.6 Å². The maximum absolute atomic E-state index is 10.3. The summed E-state index contributed by atoms with van der Waals surface area (Å²) in [4.78, 5) is 4.33. The lowest BCUT2D eigenvalue weighted by Crippen LogP contribution is -2.07. The first-order chi connectivity index (χ1) is 9.24. The lowest BCUT2D eigenvalue weighted by atomic mass is 10.1. The molecular formula is C16H16N2O. The van der Waals surface area contributed by atoms with Gasteiger partial charge >= 0.3 is 0 Å². The Hall–Kier alpha value is -2.13. The Labute approximate surface area is 112 Å². The summed E-state index contributed by atoms with van der Waals surface area (Å²) in [5.41, 5.74) is 4.14. The van der Waals surface area contributed by atoms with Crippen molar-refractivity contribution in [2.45, 2.75) is 19.6 Å². The highest BCUT2D eigenvalue weighted by atomic mass is 16.3. The quantitative estimate of drug-likeness (QED) is 0.778. The number of benzene rings is 2. The van der Waals surface area contributed by atoms with Gasteiger partial charge in [0, 0.05) is 0 Å². The van der Waals surface area contributed by atoms with Crippen molar-refractivity contribution in [1.29, 1.82) is 0 Å². The third-order valence-electron chi connectivity index (χ3n) is 3.36. The zero-order chi connectivity index (χ0) is 13.2. The first-order valence-electron chi connectivity index (χ1n) is 6.38. The van der Waals surface area contributed by atoms with Crippen molar-refractivity contribution < 1.29 is 5.11 Å². The highest BCUT2D eigenvalue weighted by Gasteiger charge is 2.10. The van der Waals surface area contributed by atoms with Crippen LogP contribution in [0.15, 0.2) is 54.9 Å². The molecule has 1 aromatic heterocycles. The highest BCUT2D eigenvalue weighted by molar-refractivity contribution is 5.74. The van der Waals surface area contributed by atoms with E-state index in [2.05, 4.69) is 4.98 Å². The van der Waals surface area contributed by atoms with Crippen LogP contribution in [0.2, 0.25) is 0 Å². The Bertz CT molecular complexity index is 685. The third kappa shape index (κ3) is 2.37. The van der Waals surface area contributed by atoms with Crippen LogP contribution in [-0.4, -0.2) is 14.7 Å². The van der Waals surface area contributed by atoms with Crippen molar-refractivity contribution in [3.63, 3.8) is 0 Å². The van der Waals surface area contributed by atoms with Crippen molar-refractivity contribution in [2.24, 2.45) is 0 Å².